The topological polar surface area (TPSA) is 66.3 Å². The van der Waals surface area contributed by atoms with Crippen LogP contribution >= 0.6 is 11.8 Å². The van der Waals surface area contributed by atoms with E-state index in [1.807, 2.05) is 37.6 Å². The molecular weight excluding hydrogens is 298 g/mol. The first kappa shape index (κ1) is 16.7. The first-order chi connectivity index (χ1) is 10.6. The molecular formula is C16H23N3O2S. The van der Waals surface area contributed by atoms with E-state index in [1.54, 1.807) is 0 Å². The Hall–Kier alpha value is -1.66. The molecule has 120 valence electrons. The zero-order chi connectivity index (χ0) is 16.1. The molecule has 0 saturated heterocycles. The SMILES string of the molecule is CCn1ccc2ccc(NC(=O)NC(C)C(CO)SC)cc21. The van der Waals surface area contributed by atoms with Crippen molar-refractivity contribution in [3.05, 3.63) is 30.5 Å². The second-order valence-electron chi connectivity index (χ2n) is 5.22. The van der Waals surface area contributed by atoms with Gasteiger partial charge in [0.1, 0.15) is 0 Å². The Bertz CT molecular complexity index is 637. The van der Waals surface area contributed by atoms with Gasteiger partial charge in [0.05, 0.1) is 12.1 Å². The second-order valence-corrected chi connectivity index (χ2v) is 6.30. The molecule has 0 aliphatic carbocycles. The lowest BCUT2D eigenvalue weighted by Crippen LogP contribution is -2.43. The zero-order valence-electron chi connectivity index (χ0n) is 13.2. The van der Waals surface area contributed by atoms with Crippen LogP contribution < -0.4 is 10.6 Å². The molecule has 1 aromatic carbocycles. The number of aliphatic hydroxyl groups excluding tert-OH is 1. The number of aromatic nitrogens is 1. The van der Waals surface area contributed by atoms with Gasteiger partial charge in [0, 0.05) is 29.7 Å². The highest BCUT2D eigenvalue weighted by atomic mass is 32.2. The molecule has 3 N–H and O–H groups in total. The molecule has 0 aliphatic rings. The molecule has 2 amide bonds. The molecule has 2 unspecified atom stereocenters. The van der Waals surface area contributed by atoms with Gasteiger partial charge in [0.2, 0.25) is 0 Å². The van der Waals surface area contributed by atoms with Crippen LogP contribution in [0.25, 0.3) is 10.9 Å². The first-order valence-electron chi connectivity index (χ1n) is 7.39. The maximum Gasteiger partial charge on any atom is 0.319 e. The van der Waals surface area contributed by atoms with Gasteiger partial charge >= 0.3 is 6.03 Å². The van der Waals surface area contributed by atoms with E-state index < -0.39 is 0 Å². The number of urea groups is 1. The number of aliphatic hydroxyl groups is 1. The van der Waals surface area contributed by atoms with Crippen LogP contribution in [0.2, 0.25) is 0 Å². The van der Waals surface area contributed by atoms with E-state index in [9.17, 15) is 9.90 Å². The summed E-state index contributed by atoms with van der Waals surface area (Å²) in [5.41, 5.74) is 1.86. The van der Waals surface area contributed by atoms with E-state index in [1.165, 1.54) is 11.8 Å². The minimum Gasteiger partial charge on any atom is -0.395 e. The first-order valence-corrected chi connectivity index (χ1v) is 8.67. The van der Waals surface area contributed by atoms with Gasteiger partial charge in [-0.2, -0.15) is 11.8 Å². The smallest absolute Gasteiger partial charge is 0.319 e. The molecule has 1 aromatic heterocycles. The minimum atomic E-state index is -0.256. The monoisotopic (exact) mass is 321 g/mol. The number of nitrogens with zero attached hydrogens (tertiary/aromatic N) is 1. The predicted octanol–water partition coefficient (Wildman–Crippen LogP) is 2.90. The summed E-state index contributed by atoms with van der Waals surface area (Å²) in [6.07, 6.45) is 3.96. The number of benzene rings is 1. The summed E-state index contributed by atoms with van der Waals surface area (Å²) in [7, 11) is 0. The highest BCUT2D eigenvalue weighted by Gasteiger charge is 2.17. The van der Waals surface area contributed by atoms with Crippen LogP contribution in [0.1, 0.15) is 13.8 Å². The van der Waals surface area contributed by atoms with Crippen LogP contribution in [0, 0.1) is 0 Å². The number of rotatable bonds is 6. The Morgan fingerprint density at radius 3 is 2.82 bits per heavy atom. The summed E-state index contributed by atoms with van der Waals surface area (Å²) in [4.78, 5) is 12.1. The van der Waals surface area contributed by atoms with Gasteiger partial charge in [-0.05, 0) is 43.7 Å². The highest BCUT2D eigenvalue weighted by molar-refractivity contribution is 7.99. The Labute approximate surface area is 135 Å². The fraction of sp³-hybridized carbons (Fsp3) is 0.438. The fourth-order valence-electron chi connectivity index (χ4n) is 2.44. The number of carbonyl (C=O) groups excluding carboxylic acids is 1. The normalized spacial score (nSPS) is 13.8. The number of carbonyl (C=O) groups is 1. The van der Waals surface area contributed by atoms with Gasteiger partial charge in [-0.1, -0.05) is 6.07 Å². The molecule has 0 radical (unpaired) electrons. The van der Waals surface area contributed by atoms with Crippen molar-refractivity contribution in [1.82, 2.24) is 9.88 Å². The van der Waals surface area contributed by atoms with E-state index in [2.05, 4.69) is 28.2 Å². The summed E-state index contributed by atoms with van der Waals surface area (Å²) in [5, 5.41) is 16.1. The molecule has 22 heavy (non-hydrogen) atoms. The van der Waals surface area contributed by atoms with Gasteiger partial charge in [0.25, 0.3) is 0 Å². The van der Waals surface area contributed by atoms with E-state index in [4.69, 9.17) is 0 Å². The van der Waals surface area contributed by atoms with Crippen molar-refractivity contribution in [2.24, 2.45) is 0 Å². The molecule has 0 saturated carbocycles. The Morgan fingerprint density at radius 2 is 2.18 bits per heavy atom. The Balaban J connectivity index is 2.05. The minimum absolute atomic E-state index is 0.00875. The summed E-state index contributed by atoms with van der Waals surface area (Å²) in [5.74, 6) is 0. The summed E-state index contributed by atoms with van der Waals surface area (Å²) >= 11 is 1.54. The maximum absolute atomic E-state index is 12.1. The summed E-state index contributed by atoms with van der Waals surface area (Å²) in [6.45, 7) is 4.91. The molecule has 0 fully saturated rings. The van der Waals surface area contributed by atoms with Gasteiger partial charge in [-0.25, -0.2) is 4.79 Å². The third-order valence-electron chi connectivity index (χ3n) is 3.77. The Morgan fingerprint density at radius 1 is 1.41 bits per heavy atom. The van der Waals surface area contributed by atoms with Gasteiger partial charge in [-0.15, -0.1) is 0 Å². The van der Waals surface area contributed by atoms with Crippen LogP contribution in [0.15, 0.2) is 30.5 Å². The van der Waals surface area contributed by atoms with Crippen molar-refractivity contribution in [3.63, 3.8) is 0 Å². The second kappa shape index (κ2) is 7.56. The molecule has 0 aliphatic heterocycles. The number of nitrogens with one attached hydrogen (secondary N) is 2. The average Bonchev–Trinajstić information content (AvgIpc) is 2.90. The zero-order valence-corrected chi connectivity index (χ0v) is 14.0. The van der Waals surface area contributed by atoms with E-state index in [-0.39, 0.29) is 23.9 Å². The third kappa shape index (κ3) is 3.75. The predicted molar refractivity (Wildman–Crippen MR) is 93.6 cm³/mol. The lowest BCUT2D eigenvalue weighted by Gasteiger charge is -2.21. The molecule has 2 rings (SSSR count). The lowest BCUT2D eigenvalue weighted by molar-refractivity contribution is 0.243. The highest BCUT2D eigenvalue weighted by Crippen LogP contribution is 2.20. The fourth-order valence-corrected chi connectivity index (χ4v) is 3.07. The van der Waals surface area contributed by atoms with E-state index in [0.29, 0.717) is 0 Å². The van der Waals surface area contributed by atoms with Gasteiger partial charge in [-0.3, -0.25) is 0 Å². The molecule has 0 spiro atoms. The van der Waals surface area contributed by atoms with Crippen molar-refractivity contribution in [2.75, 3.05) is 18.2 Å². The summed E-state index contributed by atoms with van der Waals surface area (Å²) < 4.78 is 2.14. The molecule has 1 heterocycles. The number of fused-ring (bicyclic) bond motifs is 1. The quantitative estimate of drug-likeness (QED) is 0.766. The van der Waals surface area contributed by atoms with Crippen LogP contribution in [-0.2, 0) is 6.54 Å². The molecule has 2 aromatic rings. The maximum atomic E-state index is 12.1. The number of aryl methyl sites for hydroxylation is 1. The van der Waals surface area contributed by atoms with Crippen LogP contribution in [0.4, 0.5) is 10.5 Å². The van der Waals surface area contributed by atoms with E-state index >= 15 is 0 Å². The molecule has 5 nitrogen and oxygen atoms in total. The van der Waals surface area contributed by atoms with Gasteiger partial charge < -0.3 is 20.3 Å². The number of amides is 2. The molecule has 2 atom stereocenters. The molecule has 0 bridgehead atoms. The van der Waals surface area contributed by atoms with Crippen molar-refractivity contribution < 1.29 is 9.90 Å². The van der Waals surface area contributed by atoms with Crippen molar-refractivity contribution in [1.29, 1.82) is 0 Å². The van der Waals surface area contributed by atoms with Crippen molar-refractivity contribution >= 4 is 34.4 Å². The van der Waals surface area contributed by atoms with Crippen molar-refractivity contribution in [2.45, 2.75) is 31.7 Å². The Kier molecular flexibility index (Phi) is 5.74. The van der Waals surface area contributed by atoms with Crippen molar-refractivity contribution in [3.8, 4) is 0 Å². The van der Waals surface area contributed by atoms with Crippen LogP contribution in [0.5, 0.6) is 0 Å². The number of hydrogen-bond acceptors (Lipinski definition) is 3. The van der Waals surface area contributed by atoms with Crippen LogP contribution in [0.3, 0.4) is 0 Å². The lowest BCUT2D eigenvalue weighted by atomic mass is 10.2. The molecule has 6 heteroatoms. The number of thioether (sulfide) groups is 1. The van der Waals surface area contributed by atoms with Gasteiger partial charge in [0.15, 0.2) is 0 Å². The summed E-state index contributed by atoms with van der Waals surface area (Å²) in [6, 6.07) is 7.57. The largest absolute Gasteiger partial charge is 0.395 e. The number of anilines is 1. The number of hydrogen-bond donors (Lipinski definition) is 3. The average molecular weight is 321 g/mol. The van der Waals surface area contributed by atoms with Crippen LogP contribution in [-0.4, -0.2) is 39.9 Å². The standard InChI is InChI=1S/C16H23N3O2S/c1-4-19-8-7-12-5-6-13(9-14(12)19)18-16(21)17-11(2)15(10-20)22-3/h5-9,11,15,20H,4,10H2,1-3H3,(H2,17,18,21). The third-order valence-corrected chi connectivity index (χ3v) is 4.93. The van der Waals surface area contributed by atoms with E-state index in [0.717, 1.165) is 23.1 Å².